The number of unbranched alkanes of at least 4 members (excludes halogenated alkanes) is 45. The third-order valence-electron chi connectivity index (χ3n) is 15.6. The van der Waals surface area contributed by atoms with Crippen molar-refractivity contribution in [2.75, 3.05) is 13.2 Å². The fourth-order valence-electron chi connectivity index (χ4n) is 10.3. The predicted octanol–water partition coefficient (Wildman–Crippen LogP) is 23.7. The number of ether oxygens (including phenoxy) is 3. The first-order valence-corrected chi connectivity index (χ1v) is 34.6. The van der Waals surface area contributed by atoms with Crippen LogP contribution < -0.4 is 0 Å². The van der Waals surface area contributed by atoms with Gasteiger partial charge in [-0.15, -0.1) is 0 Å². The standard InChI is InChI=1S/C72H132O6/c1-4-7-10-13-16-19-22-25-27-29-31-32-33-34-35-36-37-38-39-40-41-43-44-47-50-53-56-59-62-65-71(74)77-68-69(67-76-70(73)64-61-58-55-52-49-46-24-21-18-15-12-9-6-3)78-72(75)66-63-60-57-54-51-48-45-42-30-28-26-23-20-17-14-11-8-5-2/h21-22,24-25,29,31,33-34,69H,4-20,23,26-28,30,32,35-68H2,1-3H3/b24-21-,25-22-,31-29-,34-33-. The van der Waals surface area contributed by atoms with E-state index in [1.807, 2.05) is 0 Å². The van der Waals surface area contributed by atoms with Crippen LogP contribution in [0.3, 0.4) is 0 Å². The third-order valence-corrected chi connectivity index (χ3v) is 15.6. The average Bonchev–Trinajstić information content (AvgIpc) is 3.44. The molecular weight excluding hydrogens is 961 g/mol. The van der Waals surface area contributed by atoms with Gasteiger partial charge in [-0.05, 0) is 83.5 Å². The number of hydrogen-bond donors (Lipinski definition) is 0. The highest BCUT2D eigenvalue weighted by Gasteiger charge is 2.19. The Balaban J connectivity index is 4.21. The van der Waals surface area contributed by atoms with Crippen LogP contribution in [-0.4, -0.2) is 37.2 Å². The summed E-state index contributed by atoms with van der Waals surface area (Å²) in [5, 5.41) is 0. The molecule has 0 heterocycles. The van der Waals surface area contributed by atoms with Gasteiger partial charge >= 0.3 is 17.9 Å². The molecule has 0 aliphatic rings. The number of carbonyl (C=O) groups excluding carboxylic acids is 3. The molecule has 0 amide bonds. The molecule has 6 heteroatoms. The monoisotopic (exact) mass is 1090 g/mol. The zero-order chi connectivity index (χ0) is 56.4. The Kier molecular flexibility index (Phi) is 64.6. The third kappa shape index (κ3) is 64.2. The molecule has 0 aromatic rings. The molecule has 0 aliphatic heterocycles. The Hall–Kier alpha value is -2.63. The second kappa shape index (κ2) is 66.9. The molecular formula is C72H132O6. The van der Waals surface area contributed by atoms with Gasteiger partial charge in [0.15, 0.2) is 6.10 Å². The second-order valence-corrected chi connectivity index (χ2v) is 23.4. The van der Waals surface area contributed by atoms with E-state index in [-0.39, 0.29) is 31.1 Å². The molecule has 0 fully saturated rings. The predicted molar refractivity (Wildman–Crippen MR) is 339 cm³/mol. The quantitative estimate of drug-likeness (QED) is 0.0261. The van der Waals surface area contributed by atoms with Crippen molar-refractivity contribution >= 4 is 17.9 Å². The minimum atomic E-state index is -0.774. The highest BCUT2D eigenvalue weighted by Crippen LogP contribution is 2.18. The van der Waals surface area contributed by atoms with E-state index in [1.54, 1.807) is 0 Å². The molecule has 0 aliphatic carbocycles. The van der Waals surface area contributed by atoms with Crippen LogP contribution in [0.5, 0.6) is 0 Å². The van der Waals surface area contributed by atoms with Crippen molar-refractivity contribution in [2.24, 2.45) is 0 Å². The number of hydrogen-bond acceptors (Lipinski definition) is 6. The molecule has 0 saturated carbocycles. The Bertz CT molecular complexity index is 1350. The maximum absolute atomic E-state index is 12.9. The summed E-state index contributed by atoms with van der Waals surface area (Å²) in [4.78, 5) is 38.4. The normalized spacial score (nSPS) is 12.3. The summed E-state index contributed by atoms with van der Waals surface area (Å²) in [5.41, 5.74) is 0. The molecule has 0 saturated heterocycles. The minimum Gasteiger partial charge on any atom is -0.462 e. The summed E-state index contributed by atoms with van der Waals surface area (Å²) in [6.45, 7) is 6.67. The molecule has 0 N–H and O–H groups in total. The fourth-order valence-corrected chi connectivity index (χ4v) is 10.3. The van der Waals surface area contributed by atoms with Gasteiger partial charge in [-0.1, -0.05) is 320 Å². The minimum absolute atomic E-state index is 0.0714. The SMILES string of the molecule is CCCCCC/C=C\CCCCCCCC(=O)OCC(COC(=O)CCCCCCCCCCCCCCCC/C=C\C/C=C\C/C=C\CCCCCCC)OC(=O)CCCCCCCCCCCCCCCCCCCC. The highest BCUT2D eigenvalue weighted by molar-refractivity contribution is 5.71. The zero-order valence-electron chi connectivity index (χ0n) is 52.5. The van der Waals surface area contributed by atoms with Crippen LogP contribution in [0, 0.1) is 0 Å². The molecule has 0 radical (unpaired) electrons. The van der Waals surface area contributed by atoms with Gasteiger partial charge in [0.1, 0.15) is 13.2 Å². The van der Waals surface area contributed by atoms with Crippen LogP contribution in [0.1, 0.15) is 374 Å². The summed E-state index contributed by atoms with van der Waals surface area (Å²) in [6, 6.07) is 0. The molecule has 0 rings (SSSR count). The topological polar surface area (TPSA) is 78.9 Å². The number of allylic oxidation sites excluding steroid dienone is 8. The van der Waals surface area contributed by atoms with Gasteiger partial charge in [-0.2, -0.15) is 0 Å². The Morgan fingerprint density at radius 3 is 0.744 bits per heavy atom. The van der Waals surface area contributed by atoms with Crippen molar-refractivity contribution < 1.29 is 28.6 Å². The molecule has 0 aromatic heterocycles. The van der Waals surface area contributed by atoms with Crippen molar-refractivity contribution in [3.63, 3.8) is 0 Å². The first-order valence-electron chi connectivity index (χ1n) is 34.6. The molecule has 0 aromatic carbocycles. The molecule has 6 nitrogen and oxygen atoms in total. The lowest BCUT2D eigenvalue weighted by molar-refractivity contribution is -0.167. The number of carbonyl (C=O) groups is 3. The summed E-state index contributed by atoms with van der Waals surface area (Å²) >= 11 is 0. The van der Waals surface area contributed by atoms with Crippen LogP contribution in [0.15, 0.2) is 48.6 Å². The lowest BCUT2D eigenvalue weighted by Gasteiger charge is -2.18. The van der Waals surface area contributed by atoms with Gasteiger partial charge < -0.3 is 14.2 Å². The van der Waals surface area contributed by atoms with Crippen molar-refractivity contribution in [3.05, 3.63) is 48.6 Å². The van der Waals surface area contributed by atoms with Gasteiger partial charge in [-0.3, -0.25) is 14.4 Å². The van der Waals surface area contributed by atoms with Crippen LogP contribution in [-0.2, 0) is 28.6 Å². The summed E-state index contributed by atoms with van der Waals surface area (Å²) < 4.78 is 17.0. The van der Waals surface area contributed by atoms with E-state index in [9.17, 15) is 14.4 Å². The van der Waals surface area contributed by atoms with E-state index in [4.69, 9.17) is 14.2 Å². The summed E-state index contributed by atoms with van der Waals surface area (Å²) in [5.74, 6) is -0.856. The Labute approximate surface area is 486 Å². The lowest BCUT2D eigenvalue weighted by atomic mass is 10.0. The number of esters is 3. The van der Waals surface area contributed by atoms with Crippen molar-refractivity contribution in [1.29, 1.82) is 0 Å². The van der Waals surface area contributed by atoms with Gasteiger partial charge in [0.05, 0.1) is 0 Å². The van der Waals surface area contributed by atoms with E-state index in [2.05, 4.69) is 69.4 Å². The largest absolute Gasteiger partial charge is 0.462 e. The maximum Gasteiger partial charge on any atom is 0.306 e. The van der Waals surface area contributed by atoms with Gasteiger partial charge in [0.2, 0.25) is 0 Å². The van der Waals surface area contributed by atoms with Crippen molar-refractivity contribution in [3.8, 4) is 0 Å². The van der Waals surface area contributed by atoms with Crippen LogP contribution >= 0.6 is 0 Å². The molecule has 78 heavy (non-hydrogen) atoms. The van der Waals surface area contributed by atoms with E-state index < -0.39 is 6.10 Å². The van der Waals surface area contributed by atoms with E-state index in [0.717, 1.165) is 77.0 Å². The van der Waals surface area contributed by atoms with Gasteiger partial charge in [-0.25, -0.2) is 0 Å². The number of rotatable bonds is 64. The average molecular weight is 1090 g/mol. The molecule has 456 valence electrons. The molecule has 0 bridgehead atoms. The lowest BCUT2D eigenvalue weighted by Crippen LogP contribution is -2.30. The van der Waals surface area contributed by atoms with E-state index >= 15 is 0 Å². The van der Waals surface area contributed by atoms with Crippen LogP contribution in [0.4, 0.5) is 0 Å². The van der Waals surface area contributed by atoms with Gasteiger partial charge in [0.25, 0.3) is 0 Å². The van der Waals surface area contributed by atoms with Crippen LogP contribution in [0.25, 0.3) is 0 Å². The van der Waals surface area contributed by atoms with E-state index in [0.29, 0.717) is 19.3 Å². The van der Waals surface area contributed by atoms with Crippen molar-refractivity contribution in [2.45, 2.75) is 380 Å². The molecule has 0 spiro atoms. The second-order valence-electron chi connectivity index (χ2n) is 23.4. The first-order chi connectivity index (χ1) is 38.5. The van der Waals surface area contributed by atoms with Crippen LogP contribution in [0.2, 0.25) is 0 Å². The smallest absolute Gasteiger partial charge is 0.306 e. The summed E-state index contributed by atoms with van der Waals surface area (Å²) in [7, 11) is 0. The summed E-state index contributed by atoms with van der Waals surface area (Å²) in [6.07, 6.45) is 84.2. The Morgan fingerprint density at radius 2 is 0.462 bits per heavy atom. The van der Waals surface area contributed by atoms with Gasteiger partial charge in [0, 0.05) is 19.3 Å². The fraction of sp³-hybridized carbons (Fsp3) is 0.847. The maximum atomic E-state index is 12.9. The first kappa shape index (κ1) is 75.4. The van der Waals surface area contributed by atoms with E-state index in [1.165, 1.54) is 257 Å². The zero-order valence-corrected chi connectivity index (χ0v) is 52.5. The molecule has 1 unspecified atom stereocenters. The highest BCUT2D eigenvalue weighted by atomic mass is 16.6. The molecule has 1 atom stereocenters. The van der Waals surface area contributed by atoms with Crippen molar-refractivity contribution in [1.82, 2.24) is 0 Å². The Morgan fingerprint density at radius 1 is 0.256 bits per heavy atom.